The van der Waals surface area contributed by atoms with Crippen LogP contribution in [0, 0.1) is 0 Å². The summed E-state index contributed by atoms with van der Waals surface area (Å²) in [5.74, 6) is 0.288. The van der Waals surface area contributed by atoms with Crippen molar-refractivity contribution in [3.8, 4) is 5.75 Å². The fraction of sp³-hybridized carbons (Fsp3) is 0.364. The average molecular weight is 191 g/mol. The first kappa shape index (κ1) is 9.06. The molecular formula is C11H13NO2. The zero-order valence-corrected chi connectivity index (χ0v) is 8.13. The largest absolute Gasteiger partial charge is 0.508 e. The molecule has 3 nitrogen and oxygen atoms in total. The number of aromatic hydroxyl groups is 1. The molecule has 0 unspecified atom stereocenters. The summed E-state index contributed by atoms with van der Waals surface area (Å²) in [7, 11) is 0. The van der Waals surface area contributed by atoms with Crippen molar-refractivity contribution in [3.63, 3.8) is 0 Å². The number of hydrogen-bond donors (Lipinski definition) is 2. The molecule has 0 aliphatic heterocycles. The molecule has 1 aliphatic carbocycles. The third-order valence-electron chi connectivity index (χ3n) is 2.57. The Morgan fingerprint density at radius 2 is 2.07 bits per heavy atom. The SMILES string of the molecule is CC(=O)Nc1ccc(O)c2c1CCC2. The molecule has 0 heterocycles. The molecule has 1 aromatic carbocycles. The molecule has 1 aromatic rings. The van der Waals surface area contributed by atoms with E-state index < -0.39 is 0 Å². The van der Waals surface area contributed by atoms with E-state index in [0.717, 1.165) is 36.1 Å². The van der Waals surface area contributed by atoms with E-state index in [1.807, 2.05) is 0 Å². The van der Waals surface area contributed by atoms with Crippen LogP contribution < -0.4 is 5.32 Å². The second-order valence-electron chi connectivity index (χ2n) is 3.62. The number of phenols is 1. The topological polar surface area (TPSA) is 49.3 Å². The van der Waals surface area contributed by atoms with Crippen molar-refractivity contribution >= 4 is 11.6 Å². The zero-order chi connectivity index (χ0) is 10.1. The molecule has 14 heavy (non-hydrogen) atoms. The molecule has 2 rings (SSSR count). The molecule has 0 saturated heterocycles. The summed E-state index contributed by atoms with van der Waals surface area (Å²) in [5.41, 5.74) is 2.94. The van der Waals surface area contributed by atoms with Crippen LogP contribution in [0.1, 0.15) is 24.5 Å². The number of amides is 1. The number of carbonyl (C=O) groups is 1. The van der Waals surface area contributed by atoms with Crippen LogP contribution in [-0.4, -0.2) is 11.0 Å². The molecule has 1 amide bonds. The van der Waals surface area contributed by atoms with Crippen LogP contribution in [0.15, 0.2) is 12.1 Å². The van der Waals surface area contributed by atoms with Crippen LogP contribution in [0.2, 0.25) is 0 Å². The maximum Gasteiger partial charge on any atom is 0.221 e. The van der Waals surface area contributed by atoms with Crippen molar-refractivity contribution < 1.29 is 9.90 Å². The number of nitrogens with one attached hydrogen (secondary N) is 1. The van der Waals surface area contributed by atoms with Gasteiger partial charge in [0.1, 0.15) is 5.75 Å². The van der Waals surface area contributed by atoms with Gasteiger partial charge in [-0.15, -0.1) is 0 Å². The molecule has 0 saturated carbocycles. The molecule has 0 aromatic heterocycles. The standard InChI is InChI=1S/C11H13NO2/c1-7(13)12-10-5-6-11(14)9-4-2-3-8(9)10/h5-6,14H,2-4H2,1H3,(H,12,13). The number of benzene rings is 1. The average Bonchev–Trinajstić information content (AvgIpc) is 2.58. The van der Waals surface area contributed by atoms with Gasteiger partial charge in [-0.25, -0.2) is 0 Å². The third kappa shape index (κ3) is 1.45. The number of fused-ring (bicyclic) bond motifs is 1. The van der Waals surface area contributed by atoms with E-state index in [1.165, 1.54) is 6.92 Å². The van der Waals surface area contributed by atoms with Crippen LogP contribution in [0.3, 0.4) is 0 Å². The van der Waals surface area contributed by atoms with Crippen LogP contribution >= 0.6 is 0 Å². The van der Waals surface area contributed by atoms with Crippen LogP contribution in [0.4, 0.5) is 5.69 Å². The Hall–Kier alpha value is -1.51. The van der Waals surface area contributed by atoms with Crippen LogP contribution in [0.5, 0.6) is 5.75 Å². The monoisotopic (exact) mass is 191 g/mol. The minimum Gasteiger partial charge on any atom is -0.508 e. The lowest BCUT2D eigenvalue weighted by Gasteiger charge is -2.09. The van der Waals surface area contributed by atoms with Gasteiger partial charge in [0.05, 0.1) is 0 Å². The molecule has 0 spiro atoms. The van der Waals surface area contributed by atoms with Gasteiger partial charge in [0.2, 0.25) is 5.91 Å². The van der Waals surface area contributed by atoms with Crippen molar-refractivity contribution in [2.75, 3.05) is 5.32 Å². The summed E-state index contributed by atoms with van der Waals surface area (Å²) >= 11 is 0. The van der Waals surface area contributed by atoms with E-state index in [0.29, 0.717) is 5.75 Å². The van der Waals surface area contributed by atoms with E-state index in [1.54, 1.807) is 12.1 Å². The minimum absolute atomic E-state index is 0.0650. The van der Waals surface area contributed by atoms with E-state index in [-0.39, 0.29) is 5.91 Å². The Balaban J connectivity index is 2.43. The number of anilines is 1. The second-order valence-corrected chi connectivity index (χ2v) is 3.62. The normalized spacial score (nSPS) is 13.8. The van der Waals surface area contributed by atoms with Crippen molar-refractivity contribution in [2.45, 2.75) is 26.2 Å². The lowest BCUT2D eigenvalue weighted by molar-refractivity contribution is -0.114. The highest BCUT2D eigenvalue weighted by Gasteiger charge is 2.18. The smallest absolute Gasteiger partial charge is 0.221 e. The predicted octanol–water partition coefficient (Wildman–Crippen LogP) is 1.84. The fourth-order valence-electron chi connectivity index (χ4n) is 1.99. The second kappa shape index (κ2) is 3.33. The van der Waals surface area contributed by atoms with Gasteiger partial charge in [-0.3, -0.25) is 4.79 Å². The Morgan fingerprint density at radius 3 is 2.79 bits per heavy atom. The first-order chi connectivity index (χ1) is 6.68. The van der Waals surface area contributed by atoms with Crippen molar-refractivity contribution in [1.82, 2.24) is 0 Å². The van der Waals surface area contributed by atoms with Gasteiger partial charge in [-0.1, -0.05) is 0 Å². The quantitative estimate of drug-likeness (QED) is 0.665. The summed E-state index contributed by atoms with van der Waals surface area (Å²) in [4.78, 5) is 10.9. The van der Waals surface area contributed by atoms with Gasteiger partial charge < -0.3 is 10.4 Å². The number of phenolic OH excluding ortho intramolecular Hbond substituents is 1. The Labute approximate surface area is 82.8 Å². The highest BCUT2D eigenvalue weighted by atomic mass is 16.3. The molecule has 0 bridgehead atoms. The summed E-state index contributed by atoms with van der Waals surface area (Å²) in [6.07, 6.45) is 2.91. The van der Waals surface area contributed by atoms with Crippen LogP contribution in [0.25, 0.3) is 0 Å². The highest BCUT2D eigenvalue weighted by Crippen LogP contribution is 2.34. The molecule has 1 aliphatic rings. The Bertz CT molecular complexity index is 385. The molecule has 74 valence electrons. The van der Waals surface area contributed by atoms with Gasteiger partial charge in [-0.05, 0) is 42.5 Å². The van der Waals surface area contributed by atoms with E-state index in [9.17, 15) is 9.90 Å². The lowest BCUT2D eigenvalue weighted by atomic mass is 10.1. The maximum absolute atomic E-state index is 10.9. The highest BCUT2D eigenvalue weighted by molar-refractivity contribution is 5.90. The van der Waals surface area contributed by atoms with Crippen molar-refractivity contribution in [1.29, 1.82) is 0 Å². The molecule has 0 radical (unpaired) electrons. The zero-order valence-electron chi connectivity index (χ0n) is 8.13. The number of carbonyl (C=O) groups excluding carboxylic acids is 1. The molecule has 0 fully saturated rings. The van der Waals surface area contributed by atoms with E-state index in [4.69, 9.17) is 0 Å². The third-order valence-corrected chi connectivity index (χ3v) is 2.57. The van der Waals surface area contributed by atoms with Gasteiger partial charge in [-0.2, -0.15) is 0 Å². The lowest BCUT2D eigenvalue weighted by Crippen LogP contribution is -2.07. The molecule has 2 N–H and O–H groups in total. The van der Waals surface area contributed by atoms with E-state index >= 15 is 0 Å². The van der Waals surface area contributed by atoms with Gasteiger partial charge in [0.15, 0.2) is 0 Å². The summed E-state index contributed by atoms with van der Waals surface area (Å²) in [6, 6.07) is 3.41. The fourth-order valence-corrected chi connectivity index (χ4v) is 1.99. The maximum atomic E-state index is 10.9. The van der Waals surface area contributed by atoms with E-state index in [2.05, 4.69) is 5.32 Å². The van der Waals surface area contributed by atoms with Crippen molar-refractivity contribution in [3.05, 3.63) is 23.3 Å². The first-order valence-corrected chi connectivity index (χ1v) is 4.80. The molecular weight excluding hydrogens is 178 g/mol. The number of rotatable bonds is 1. The summed E-state index contributed by atoms with van der Waals surface area (Å²) < 4.78 is 0. The summed E-state index contributed by atoms with van der Waals surface area (Å²) in [5, 5.41) is 12.4. The Kier molecular flexibility index (Phi) is 2.15. The summed E-state index contributed by atoms with van der Waals surface area (Å²) in [6.45, 7) is 1.49. The minimum atomic E-state index is -0.0650. The predicted molar refractivity (Wildman–Crippen MR) is 54.4 cm³/mol. The number of hydrogen-bond acceptors (Lipinski definition) is 2. The van der Waals surface area contributed by atoms with Crippen molar-refractivity contribution in [2.24, 2.45) is 0 Å². The van der Waals surface area contributed by atoms with Crippen LogP contribution in [-0.2, 0) is 17.6 Å². The van der Waals surface area contributed by atoms with Gasteiger partial charge >= 0.3 is 0 Å². The van der Waals surface area contributed by atoms with Gasteiger partial charge in [0.25, 0.3) is 0 Å². The molecule has 3 heteroatoms. The molecule has 0 atom stereocenters. The first-order valence-electron chi connectivity index (χ1n) is 4.80. The Morgan fingerprint density at radius 1 is 1.36 bits per heavy atom. The van der Waals surface area contributed by atoms with Gasteiger partial charge in [0, 0.05) is 12.6 Å².